The Morgan fingerprint density at radius 3 is 1.38 bits per heavy atom. The molecule has 0 N–H and O–H groups in total. The first-order chi connectivity index (χ1) is 10.00. The molecule has 0 bridgehead atoms. The third-order valence-electron chi connectivity index (χ3n) is 3.19. The molecule has 0 aliphatic carbocycles. The molecule has 0 aliphatic heterocycles. The molecule has 0 saturated heterocycles. The molecular formula is C16H16F2O2S. The number of alkyl halides is 2. The standard InChI is InChI=1S/C16H16F2O2S/c17-15(11-13-7-3-1-4-8-13)21(19,20)16(18)12-14-9-5-2-6-10-14/h1-10,15-16H,11-12H2. The summed E-state index contributed by atoms with van der Waals surface area (Å²) >= 11 is 0. The molecule has 0 heterocycles. The van der Waals surface area contributed by atoms with Gasteiger partial charge >= 0.3 is 0 Å². The summed E-state index contributed by atoms with van der Waals surface area (Å²) in [7, 11) is -4.47. The Morgan fingerprint density at radius 2 is 1.05 bits per heavy atom. The van der Waals surface area contributed by atoms with Crippen LogP contribution in [0.15, 0.2) is 60.7 Å². The quantitative estimate of drug-likeness (QED) is 0.818. The van der Waals surface area contributed by atoms with Crippen LogP contribution in [0.4, 0.5) is 8.78 Å². The molecule has 2 rings (SSSR count). The maximum absolute atomic E-state index is 14.0. The van der Waals surface area contributed by atoms with Crippen LogP contribution in [0, 0.1) is 0 Å². The van der Waals surface area contributed by atoms with Gasteiger partial charge < -0.3 is 0 Å². The minimum Gasteiger partial charge on any atom is -0.230 e. The van der Waals surface area contributed by atoms with Gasteiger partial charge in [0.15, 0.2) is 0 Å². The smallest absolute Gasteiger partial charge is 0.214 e. The van der Waals surface area contributed by atoms with E-state index >= 15 is 0 Å². The second-order valence-electron chi connectivity index (χ2n) is 4.79. The van der Waals surface area contributed by atoms with Crippen LogP contribution in [-0.4, -0.2) is 19.4 Å². The van der Waals surface area contributed by atoms with Crippen molar-refractivity contribution < 1.29 is 17.2 Å². The van der Waals surface area contributed by atoms with Gasteiger partial charge in [0.05, 0.1) is 0 Å². The molecule has 0 amide bonds. The predicted molar refractivity (Wildman–Crippen MR) is 79.0 cm³/mol. The molecule has 2 aromatic carbocycles. The van der Waals surface area contributed by atoms with E-state index in [1.807, 2.05) is 0 Å². The van der Waals surface area contributed by atoms with E-state index in [4.69, 9.17) is 0 Å². The van der Waals surface area contributed by atoms with Gasteiger partial charge in [0.2, 0.25) is 20.8 Å². The van der Waals surface area contributed by atoms with Crippen molar-refractivity contribution >= 4 is 9.84 Å². The summed E-state index contributed by atoms with van der Waals surface area (Å²) in [5.74, 6) is 0. The molecule has 2 unspecified atom stereocenters. The Bertz CT molecular complexity index is 604. The molecule has 112 valence electrons. The number of halogens is 2. The van der Waals surface area contributed by atoms with Gasteiger partial charge in [-0.3, -0.25) is 0 Å². The van der Waals surface area contributed by atoms with E-state index in [1.54, 1.807) is 60.7 Å². The topological polar surface area (TPSA) is 34.1 Å². The van der Waals surface area contributed by atoms with Crippen molar-refractivity contribution in [3.8, 4) is 0 Å². The average molecular weight is 310 g/mol. The third-order valence-corrected chi connectivity index (χ3v) is 4.95. The average Bonchev–Trinajstić information content (AvgIpc) is 2.49. The lowest BCUT2D eigenvalue weighted by Gasteiger charge is -2.14. The van der Waals surface area contributed by atoms with Gasteiger partial charge in [-0.1, -0.05) is 60.7 Å². The summed E-state index contributed by atoms with van der Waals surface area (Å²) in [6.07, 6.45) is -0.670. The Labute approximate surface area is 123 Å². The largest absolute Gasteiger partial charge is 0.230 e. The second kappa shape index (κ2) is 6.80. The monoisotopic (exact) mass is 310 g/mol. The number of rotatable bonds is 6. The normalized spacial score (nSPS) is 14.6. The van der Waals surface area contributed by atoms with Crippen molar-refractivity contribution in [1.82, 2.24) is 0 Å². The maximum atomic E-state index is 14.0. The number of benzene rings is 2. The maximum Gasteiger partial charge on any atom is 0.214 e. The molecule has 0 aliphatic rings. The molecule has 0 fully saturated rings. The Morgan fingerprint density at radius 1 is 0.714 bits per heavy atom. The summed E-state index contributed by atoms with van der Waals surface area (Å²) in [4.78, 5) is 0. The molecule has 0 saturated carbocycles. The lowest BCUT2D eigenvalue weighted by atomic mass is 10.2. The molecule has 2 nitrogen and oxygen atoms in total. The predicted octanol–water partition coefficient (Wildman–Crippen LogP) is 3.48. The molecule has 2 aromatic rings. The van der Waals surface area contributed by atoms with Crippen molar-refractivity contribution in [2.75, 3.05) is 0 Å². The van der Waals surface area contributed by atoms with E-state index in [0.717, 1.165) is 0 Å². The third kappa shape index (κ3) is 4.11. The van der Waals surface area contributed by atoms with Crippen molar-refractivity contribution in [2.45, 2.75) is 23.8 Å². The highest BCUT2D eigenvalue weighted by atomic mass is 32.2. The summed E-state index contributed by atoms with van der Waals surface area (Å²) in [6, 6.07) is 16.7. The first kappa shape index (κ1) is 15.6. The molecule has 0 spiro atoms. The van der Waals surface area contributed by atoms with Crippen LogP contribution in [0.2, 0.25) is 0 Å². The van der Waals surface area contributed by atoms with E-state index in [2.05, 4.69) is 0 Å². The van der Waals surface area contributed by atoms with E-state index in [9.17, 15) is 17.2 Å². The van der Waals surface area contributed by atoms with Crippen LogP contribution in [0.3, 0.4) is 0 Å². The zero-order valence-electron chi connectivity index (χ0n) is 11.3. The molecular weight excluding hydrogens is 294 g/mol. The first-order valence-corrected chi connectivity index (χ1v) is 8.20. The Balaban J connectivity index is 2.06. The Kier molecular flexibility index (Phi) is 5.07. The van der Waals surface area contributed by atoms with Crippen LogP contribution < -0.4 is 0 Å². The van der Waals surface area contributed by atoms with E-state index in [1.165, 1.54) is 0 Å². The van der Waals surface area contributed by atoms with Crippen LogP contribution in [0.25, 0.3) is 0 Å². The van der Waals surface area contributed by atoms with E-state index in [-0.39, 0.29) is 12.8 Å². The van der Waals surface area contributed by atoms with Crippen molar-refractivity contribution in [3.63, 3.8) is 0 Å². The number of sulfone groups is 1. The zero-order valence-corrected chi connectivity index (χ0v) is 12.1. The highest BCUT2D eigenvalue weighted by molar-refractivity contribution is 7.92. The fourth-order valence-electron chi connectivity index (χ4n) is 1.99. The number of hydrogen-bond donors (Lipinski definition) is 0. The SMILES string of the molecule is O=S(=O)(C(F)Cc1ccccc1)C(F)Cc1ccccc1. The first-order valence-electron chi connectivity index (χ1n) is 6.59. The van der Waals surface area contributed by atoms with Crippen LogP contribution in [0.1, 0.15) is 11.1 Å². The van der Waals surface area contributed by atoms with Gasteiger partial charge in [-0.25, -0.2) is 17.2 Å². The van der Waals surface area contributed by atoms with E-state index < -0.39 is 20.8 Å². The highest BCUT2D eigenvalue weighted by Crippen LogP contribution is 2.20. The van der Waals surface area contributed by atoms with Gasteiger partial charge in [-0.2, -0.15) is 0 Å². The summed E-state index contributed by atoms with van der Waals surface area (Å²) in [5.41, 5.74) is -3.42. The highest BCUT2D eigenvalue weighted by Gasteiger charge is 2.34. The minimum atomic E-state index is -4.47. The summed E-state index contributed by atoms with van der Waals surface area (Å²) < 4.78 is 51.8. The molecule has 2 atom stereocenters. The van der Waals surface area contributed by atoms with Gasteiger partial charge in [0.25, 0.3) is 0 Å². The van der Waals surface area contributed by atoms with Crippen molar-refractivity contribution in [1.29, 1.82) is 0 Å². The fourth-order valence-corrected chi connectivity index (χ4v) is 3.16. The summed E-state index contributed by atoms with van der Waals surface area (Å²) in [5, 5.41) is 0. The lowest BCUT2D eigenvalue weighted by molar-refractivity contribution is 0.368. The van der Waals surface area contributed by atoms with Crippen LogP contribution in [-0.2, 0) is 22.7 Å². The fraction of sp³-hybridized carbons (Fsp3) is 0.250. The van der Waals surface area contributed by atoms with Gasteiger partial charge in [0, 0.05) is 12.8 Å². The minimum absolute atomic E-state index is 0.335. The van der Waals surface area contributed by atoms with E-state index in [0.29, 0.717) is 11.1 Å². The van der Waals surface area contributed by atoms with Gasteiger partial charge in [0.1, 0.15) is 0 Å². The van der Waals surface area contributed by atoms with Crippen LogP contribution >= 0.6 is 0 Å². The van der Waals surface area contributed by atoms with Gasteiger partial charge in [-0.05, 0) is 11.1 Å². The number of hydrogen-bond acceptors (Lipinski definition) is 2. The van der Waals surface area contributed by atoms with Crippen LogP contribution in [0.5, 0.6) is 0 Å². The van der Waals surface area contributed by atoms with Crippen molar-refractivity contribution in [3.05, 3.63) is 71.8 Å². The lowest BCUT2D eigenvalue weighted by Crippen LogP contribution is -2.29. The molecule has 0 aromatic heterocycles. The second-order valence-corrected chi connectivity index (χ2v) is 6.99. The molecule has 0 radical (unpaired) electrons. The summed E-state index contributed by atoms with van der Waals surface area (Å²) in [6.45, 7) is 0. The molecule has 21 heavy (non-hydrogen) atoms. The molecule has 5 heteroatoms. The van der Waals surface area contributed by atoms with Crippen molar-refractivity contribution in [2.24, 2.45) is 0 Å². The zero-order chi connectivity index (χ0) is 15.3. The van der Waals surface area contributed by atoms with Gasteiger partial charge in [-0.15, -0.1) is 0 Å². The Hall–Kier alpha value is -1.75.